The van der Waals surface area contributed by atoms with Crippen LogP contribution in [-0.4, -0.2) is 97.4 Å². The van der Waals surface area contributed by atoms with Gasteiger partial charge in [-0.3, -0.25) is 4.48 Å². The number of nitrogens with zero attached hydrogens (tertiary/aromatic N) is 5. The summed E-state index contributed by atoms with van der Waals surface area (Å²) >= 11 is 0. The third-order valence-corrected chi connectivity index (χ3v) is 3.86. The zero-order valence-corrected chi connectivity index (χ0v) is 19.3. The molecule has 1 aromatic rings. The Labute approximate surface area is 190 Å². The third-order valence-electron chi connectivity index (χ3n) is 3.30. The smallest absolute Gasteiger partial charge is 0.485 e. The number of rotatable bonds is 14. The van der Waals surface area contributed by atoms with E-state index in [1.807, 2.05) is 33.3 Å². The van der Waals surface area contributed by atoms with Crippen molar-refractivity contribution in [3.63, 3.8) is 0 Å². The highest BCUT2D eigenvalue weighted by atomic mass is 32.2. The van der Waals surface area contributed by atoms with E-state index in [1.54, 1.807) is 6.20 Å². The Hall–Kier alpha value is -2.20. The van der Waals surface area contributed by atoms with E-state index in [9.17, 15) is 13.2 Å². The van der Waals surface area contributed by atoms with E-state index in [1.165, 1.54) is 0 Å². The van der Waals surface area contributed by atoms with Gasteiger partial charge in [-0.05, 0) is 17.7 Å². The molecule has 33 heavy (non-hydrogen) atoms. The molecule has 0 saturated heterocycles. The topological polar surface area (TPSA) is 156 Å². The summed E-state index contributed by atoms with van der Waals surface area (Å²) in [5.74, 6) is 1.65. The summed E-state index contributed by atoms with van der Waals surface area (Å²) in [5, 5.41) is 3.37. The van der Waals surface area contributed by atoms with Crippen LogP contribution in [0.2, 0.25) is 0 Å². The number of ether oxygens (including phenoxy) is 4. The lowest BCUT2D eigenvalue weighted by atomic mass is 10.4. The second-order valence-electron chi connectivity index (χ2n) is 6.88. The van der Waals surface area contributed by atoms with E-state index in [2.05, 4.69) is 15.0 Å². The molecule has 0 fully saturated rings. The van der Waals surface area contributed by atoms with Crippen molar-refractivity contribution in [2.75, 3.05) is 73.9 Å². The van der Waals surface area contributed by atoms with Gasteiger partial charge < -0.3 is 23.5 Å². The van der Waals surface area contributed by atoms with Crippen LogP contribution < -0.4 is 9.22 Å². The van der Waals surface area contributed by atoms with Crippen molar-refractivity contribution in [3.8, 4) is 5.75 Å². The molecule has 0 saturated carbocycles. The number of pyridine rings is 1. The fourth-order valence-corrected chi connectivity index (χ4v) is 1.90. The van der Waals surface area contributed by atoms with Crippen molar-refractivity contribution in [2.24, 2.45) is 5.11 Å². The van der Waals surface area contributed by atoms with Crippen LogP contribution in [0.3, 0.4) is 0 Å². The van der Waals surface area contributed by atoms with E-state index in [0.717, 1.165) is 11.6 Å². The molecule has 0 aliphatic heterocycles. The largest absolute Gasteiger partial charge is 0.741 e. The Balaban J connectivity index is 0.00000109. The predicted molar refractivity (Wildman–Crippen MR) is 112 cm³/mol. The first kappa shape index (κ1) is 30.8. The Morgan fingerprint density at radius 2 is 1.55 bits per heavy atom. The number of halogens is 3. The summed E-state index contributed by atoms with van der Waals surface area (Å²) in [4.78, 5) is 7.02. The second-order valence-corrected chi connectivity index (χ2v) is 8.25. The normalized spacial score (nSPS) is 11.8. The summed E-state index contributed by atoms with van der Waals surface area (Å²) in [7, 11) is 0.0451. The van der Waals surface area contributed by atoms with E-state index < -0.39 is 15.6 Å². The predicted octanol–water partition coefficient (Wildman–Crippen LogP) is 2.07. The molecule has 0 unspecified atom stereocenters. The lowest BCUT2D eigenvalue weighted by Crippen LogP contribution is -2.36. The quantitative estimate of drug-likeness (QED) is 0.0710. The van der Waals surface area contributed by atoms with Gasteiger partial charge in [-0.1, -0.05) is 5.11 Å². The van der Waals surface area contributed by atoms with E-state index in [0.29, 0.717) is 57.3 Å². The molecule has 0 atom stereocenters. The second kappa shape index (κ2) is 15.6. The third kappa shape index (κ3) is 15.3. The van der Waals surface area contributed by atoms with Crippen LogP contribution in [0.15, 0.2) is 23.4 Å². The Morgan fingerprint density at radius 3 is 2.00 bits per heavy atom. The molecule has 0 spiro atoms. The van der Waals surface area contributed by atoms with Crippen LogP contribution in [0.4, 0.5) is 19.0 Å². The highest BCUT2D eigenvalue weighted by Crippen LogP contribution is 2.26. The molecule has 0 radical (unpaired) electrons. The molecule has 12 nitrogen and oxygen atoms in total. The number of quaternary nitrogens is 1. The van der Waals surface area contributed by atoms with Gasteiger partial charge in [0.15, 0.2) is 10.1 Å². The van der Waals surface area contributed by atoms with Gasteiger partial charge in [-0.15, -0.1) is 0 Å². The molecule has 0 bridgehead atoms. The van der Waals surface area contributed by atoms with E-state index in [4.69, 9.17) is 37.4 Å². The average molecular weight is 504 g/mol. The number of hydrogen-bond acceptors (Lipinski definition) is 9. The fraction of sp³-hybridized carbons (Fsp3) is 0.706. The number of alkyl halides is 3. The molecule has 0 aliphatic carbocycles. The molecule has 0 N–H and O–H groups in total. The van der Waals surface area contributed by atoms with Gasteiger partial charge in [0.25, 0.3) is 5.82 Å². The minimum atomic E-state index is -6.09. The molecule has 190 valence electrons. The molecular weight excluding hydrogens is 475 g/mol. The van der Waals surface area contributed by atoms with Gasteiger partial charge in [0.1, 0.15) is 6.61 Å². The zero-order valence-electron chi connectivity index (χ0n) is 18.5. The average Bonchev–Trinajstić information content (AvgIpc) is 2.70. The molecule has 1 heterocycles. The molecular formula is C17H28F3N5O7S. The summed E-state index contributed by atoms with van der Waals surface area (Å²) in [6.45, 7) is 3.64. The minimum absolute atomic E-state index is 0.340. The summed E-state index contributed by atoms with van der Waals surface area (Å²) in [5.41, 5.74) is 2.45. The number of aromatic nitrogens is 1. The van der Waals surface area contributed by atoms with Crippen LogP contribution in [0.5, 0.6) is 5.75 Å². The summed E-state index contributed by atoms with van der Waals surface area (Å²) < 4.78 is 81.3. The maximum atomic E-state index is 10.7. The summed E-state index contributed by atoms with van der Waals surface area (Å²) in [6.07, 6.45) is 1.76. The van der Waals surface area contributed by atoms with Crippen LogP contribution in [0.25, 0.3) is 10.4 Å². The van der Waals surface area contributed by atoms with Crippen molar-refractivity contribution >= 4 is 15.9 Å². The Bertz CT molecular complexity index is 829. The standard InChI is InChI=1S/C16H28N5O4.CHF3O3S/c1-21(2,3)16-15(5-4-6-18-16)25-14-13-24-12-11-23-10-9-22-8-7-19-20-17;2-1(3,4)8(5,6)7/h4-6H,7-14H2,1-3H3;(H,5,6,7)/q+1;/p-1. The monoisotopic (exact) mass is 503 g/mol. The van der Waals surface area contributed by atoms with E-state index in [-0.39, 0.29) is 0 Å². The molecule has 0 aliphatic rings. The van der Waals surface area contributed by atoms with Crippen molar-refractivity contribution in [3.05, 3.63) is 28.8 Å². The van der Waals surface area contributed by atoms with Gasteiger partial charge in [0.2, 0.25) is 5.75 Å². The van der Waals surface area contributed by atoms with Gasteiger partial charge >= 0.3 is 5.51 Å². The first-order valence-corrected chi connectivity index (χ1v) is 10.9. The Morgan fingerprint density at radius 1 is 1.06 bits per heavy atom. The maximum absolute atomic E-state index is 10.7. The minimum Gasteiger partial charge on any atom is -0.741 e. The SMILES string of the molecule is C[N+](C)(C)c1ncccc1OCCOCCOCCOCCN=[N+]=[N-].O=S(=O)([O-])C(F)(F)F. The highest BCUT2D eigenvalue weighted by Gasteiger charge is 2.36. The number of hydrogen-bond donors (Lipinski definition) is 0. The summed E-state index contributed by atoms with van der Waals surface area (Å²) in [6, 6.07) is 3.77. The molecule has 16 heteroatoms. The molecule has 0 amide bonds. The van der Waals surface area contributed by atoms with Crippen molar-refractivity contribution < 1.29 is 45.1 Å². The zero-order chi connectivity index (χ0) is 25.4. The van der Waals surface area contributed by atoms with Crippen LogP contribution >= 0.6 is 0 Å². The van der Waals surface area contributed by atoms with Crippen LogP contribution in [0, 0.1) is 0 Å². The Kier molecular flexibility index (Phi) is 14.6. The first-order chi connectivity index (χ1) is 15.3. The molecule has 0 aromatic carbocycles. The first-order valence-electron chi connectivity index (χ1n) is 9.46. The fourth-order valence-electron chi connectivity index (χ4n) is 1.90. The molecule has 1 rings (SSSR count). The lowest BCUT2D eigenvalue weighted by molar-refractivity contribution is -0.0517. The van der Waals surface area contributed by atoms with E-state index >= 15 is 0 Å². The van der Waals surface area contributed by atoms with Crippen molar-refractivity contribution in [1.82, 2.24) is 9.47 Å². The van der Waals surface area contributed by atoms with Crippen LogP contribution in [0.1, 0.15) is 0 Å². The van der Waals surface area contributed by atoms with Gasteiger partial charge in [-0.25, -0.2) is 13.4 Å². The van der Waals surface area contributed by atoms with Crippen molar-refractivity contribution in [1.29, 1.82) is 0 Å². The lowest BCUT2D eigenvalue weighted by Gasteiger charge is -2.23. The molecule has 1 aromatic heterocycles. The van der Waals surface area contributed by atoms with Gasteiger partial charge in [0.05, 0.1) is 60.8 Å². The highest BCUT2D eigenvalue weighted by molar-refractivity contribution is 7.86. The van der Waals surface area contributed by atoms with Crippen LogP contribution in [-0.2, 0) is 24.3 Å². The van der Waals surface area contributed by atoms with Gasteiger partial charge in [0, 0.05) is 17.7 Å². The van der Waals surface area contributed by atoms with Gasteiger partial charge in [-0.2, -0.15) is 13.2 Å². The maximum Gasteiger partial charge on any atom is 0.485 e. The number of azide groups is 1. The van der Waals surface area contributed by atoms with Crippen molar-refractivity contribution in [2.45, 2.75) is 5.51 Å².